The molecule has 2 aromatic carbocycles. The average molecular weight is 462 g/mol. The van der Waals surface area contributed by atoms with Crippen LogP contribution in [-0.2, 0) is 0 Å². The maximum absolute atomic E-state index is 5.41. The number of hydrogen-bond acceptors (Lipinski definition) is 6. The van der Waals surface area contributed by atoms with Crippen LogP contribution in [0.2, 0.25) is 0 Å². The van der Waals surface area contributed by atoms with Gasteiger partial charge in [-0.3, -0.25) is 4.99 Å². The van der Waals surface area contributed by atoms with E-state index in [0.29, 0.717) is 17.2 Å². The zero-order valence-electron chi connectivity index (χ0n) is 16.0. The van der Waals surface area contributed by atoms with Crippen molar-refractivity contribution in [2.24, 2.45) is 10.1 Å². The molecule has 8 heteroatoms. The first-order valence-electron chi connectivity index (χ1n) is 8.35. The van der Waals surface area contributed by atoms with Gasteiger partial charge in [0.1, 0.15) is 0 Å². The van der Waals surface area contributed by atoms with Crippen LogP contribution in [0.1, 0.15) is 5.56 Å². The monoisotopic (exact) mass is 461 g/mol. The van der Waals surface area contributed by atoms with Crippen LogP contribution < -0.4 is 19.0 Å². The predicted molar refractivity (Wildman–Crippen MR) is 116 cm³/mol. The minimum absolute atomic E-state index is 0.546. The first-order valence-corrected chi connectivity index (χ1v) is 10.0. The zero-order chi connectivity index (χ0) is 20.1. The summed E-state index contributed by atoms with van der Waals surface area (Å²) in [5, 5.41) is 6.70. The maximum Gasteiger partial charge on any atom is 0.205 e. The van der Waals surface area contributed by atoms with E-state index in [4.69, 9.17) is 14.2 Å². The Morgan fingerprint density at radius 3 is 2.18 bits per heavy atom. The molecule has 0 aliphatic heterocycles. The lowest BCUT2D eigenvalue weighted by Crippen LogP contribution is -2.11. The highest BCUT2D eigenvalue weighted by atomic mass is 79.9. The third-order valence-corrected chi connectivity index (χ3v) is 5.46. The summed E-state index contributed by atoms with van der Waals surface area (Å²) in [7, 11) is 6.51. The minimum atomic E-state index is 0.546. The van der Waals surface area contributed by atoms with E-state index in [2.05, 4.69) is 26.0 Å². The quantitative estimate of drug-likeness (QED) is 0.510. The summed E-state index contributed by atoms with van der Waals surface area (Å²) in [5.74, 6) is 1.70. The molecular formula is C20H20BrN3O3S. The van der Waals surface area contributed by atoms with Gasteiger partial charge < -0.3 is 14.2 Å². The molecule has 0 saturated carbocycles. The minimum Gasteiger partial charge on any atom is -0.493 e. The lowest BCUT2D eigenvalue weighted by Gasteiger charge is -2.12. The van der Waals surface area contributed by atoms with E-state index in [9.17, 15) is 0 Å². The summed E-state index contributed by atoms with van der Waals surface area (Å²) in [5.41, 5.74) is 2.83. The fourth-order valence-electron chi connectivity index (χ4n) is 2.68. The van der Waals surface area contributed by atoms with Crippen molar-refractivity contribution in [1.82, 2.24) is 4.68 Å². The van der Waals surface area contributed by atoms with Crippen LogP contribution in [0.15, 0.2) is 56.3 Å². The molecule has 146 valence electrons. The molecule has 6 nitrogen and oxygen atoms in total. The first-order chi connectivity index (χ1) is 13.6. The van der Waals surface area contributed by atoms with Gasteiger partial charge in [0.05, 0.1) is 33.2 Å². The van der Waals surface area contributed by atoms with E-state index < -0.39 is 0 Å². The third-order valence-electron chi connectivity index (χ3n) is 4.03. The summed E-state index contributed by atoms with van der Waals surface area (Å²) in [4.78, 5) is 5.12. The number of nitrogens with zero attached hydrogens (tertiary/aromatic N) is 3. The van der Waals surface area contributed by atoms with Crippen LogP contribution >= 0.6 is 27.3 Å². The highest BCUT2D eigenvalue weighted by Gasteiger charge is 2.13. The summed E-state index contributed by atoms with van der Waals surface area (Å²) >= 11 is 5.00. The highest BCUT2D eigenvalue weighted by molar-refractivity contribution is 9.10. The standard InChI is InChI=1S/C20H20BrN3O3S/c1-22-20-24(16(12-28-20)14-5-7-15(21)8-6-14)23-11-13-9-17(25-2)19(27-4)18(10-13)26-3/h5-12H,1-4H3/b22-20?,23-11-. The van der Waals surface area contributed by atoms with E-state index in [1.165, 1.54) is 11.3 Å². The molecule has 0 radical (unpaired) electrons. The molecule has 0 aliphatic rings. The fourth-order valence-corrected chi connectivity index (χ4v) is 3.75. The lowest BCUT2D eigenvalue weighted by atomic mass is 10.2. The molecule has 0 amide bonds. The Morgan fingerprint density at radius 1 is 1.00 bits per heavy atom. The van der Waals surface area contributed by atoms with Crippen molar-refractivity contribution in [3.63, 3.8) is 0 Å². The van der Waals surface area contributed by atoms with Gasteiger partial charge in [0, 0.05) is 28.0 Å². The van der Waals surface area contributed by atoms with Crippen LogP contribution in [0.25, 0.3) is 11.3 Å². The molecule has 0 N–H and O–H groups in total. The maximum atomic E-state index is 5.41. The number of ether oxygens (including phenoxy) is 3. The van der Waals surface area contributed by atoms with Gasteiger partial charge in [-0.1, -0.05) is 28.1 Å². The Labute approximate surface area is 175 Å². The molecule has 0 saturated heterocycles. The Balaban J connectivity index is 2.06. The molecule has 0 fully saturated rings. The van der Waals surface area contributed by atoms with Crippen molar-refractivity contribution >= 4 is 33.5 Å². The fraction of sp³-hybridized carbons (Fsp3) is 0.200. The Hall–Kier alpha value is -2.58. The molecule has 0 bridgehead atoms. The second-order valence-corrected chi connectivity index (χ2v) is 7.40. The summed E-state index contributed by atoms with van der Waals surface area (Å²) in [6, 6.07) is 11.8. The highest BCUT2D eigenvalue weighted by Crippen LogP contribution is 2.37. The third kappa shape index (κ3) is 4.13. The van der Waals surface area contributed by atoms with Crippen molar-refractivity contribution in [1.29, 1.82) is 0 Å². The summed E-state index contributed by atoms with van der Waals surface area (Å²) < 4.78 is 19.0. The van der Waals surface area contributed by atoms with E-state index >= 15 is 0 Å². The largest absolute Gasteiger partial charge is 0.493 e. The molecule has 0 atom stereocenters. The van der Waals surface area contributed by atoms with Gasteiger partial charge in [0.25, 0.3) is 0 Å². The zero-order valence-corrected chi connectivity index (χ0v) is 18.4. The van der Waals surface area contributed by atoms with Crippen LogP contribution in [0.4, 0.5) is 0 Å². The van der Waals surface area contributed by atoms with Crippen molar-refractivity contribution in [3.05, 3.63) is 56.6 Å². The molecule has 0 spiro atoms. The normalized spacial score (nSPS) is 11.8. The van der Waals surface area contributed by atoms with E-state index in [1.807, 2.05) is 46.5 Å². The number of hydrogen-bond donors (Lipinski definition) is 0. The second-order valence-electron chi connectivity index (χ2n) is 5.65. The number of halogens is 1. The molecule has 0 aliphatic carbocycles. The molecule has 1 aromatic heterocycles. The SMILES string of the molecule is CN=c1scc(-c2ccc(Br)cc2)n1/N=C\c1cc(OC)c(OC)c(OC)c1. The lowest BCUT2D eigenvalue weighted by molar-refractivity contribution is 0.324. The Morgan fingerprint density at radius 2 is 1.64 bits per heavy atom. The number of benzene rings is 2. The van der Waals surface area contributed by atoms with Crippen molar-refractivity contribution < 1.29 is 14.2 Å². The van der Waals surface area contributed by atoms with Gasteiger partial charge in [0.15, 0.2) is 11.5 Å². The molecule has 1 heterocycles. The topological polar surface area (TPSA) is 57.3 Å². The van der Waals surface area contributed by atoms with Crippen molar-refractivity contribution in [3.8, 4) is 28.5 Å². The second kappa shape index (κ2) is 9.07. The Bertz CT molecular complexity index is 1030. The smallest absolute Gasteiger partial charge is 0.205 e. The van der Waals surface area contributed by atoms with Gasteiger partial charge >= 0.3 is 0 Å². The molecule has 3 aromatic rings. The van der Waals surface area contributed by atoms with Crippen LogP contribution in [0.3, 0.4) is 0 Å². The van der Waals surface area contributed by atoms with E-state index in [1.54, 1.807) is 34.6 Å². The average Bonchev–Trinajstić information content (AvgIpc) is 3.14. The van der Waals surface area contributed by atoms with Gasteiger partial charge in [-0.15, -0.1) is 11.3 Å². The first kappa shape index (κ1) is 20.2. The van der Waals surface area contributed by atoms with Crippen molar-refractivity contribution in [2.45, 2.75) is 0 Å². The van der Waals surface area contributed by atoms with Crippen LogP contribution in [-0.4, -0.2) is 39.3 Å². The van der Waals surface area contributed by atoms with Gasteiger partial charge in [-0.2, -0.15) is 5.10 Å². The summed E-state index contributed by atoms with van der Waals surface area (Å²) in [6.07, 6.45) is 1.74. The molecule has 0 unspecified atom stereocenters. The van der Waals surface area contributed by atoms with Crippen LogP contribution in [0.5, 0.6) is 17.2 Å². The van der Waals surface area contributed by atoms with E-state index in [-0.39, 0.29) is 0 Å². The predicted octanol–water partition coefficient (Wildman–Crippen LogP) is 4.42. The Kier molecular flexibility index (Phi) is 6.53. The molecule has 3 rings (SSSR count). The van der Waals surface area contributed by atoms with Gasteiger partial charge in [-0.05, 0) is 24.3 Å². The van der Waals surface area contributed by atoms with E-state index in [0.717, 1.165) is 26.1 Å². The van der Waals surface area contributed by atoms with Gasteiger partial charge in [-0.25, -0.2) is 4.68 Å². The number of rotatable bonds is 6. The summed E-state index contributed by atoms with van der Waals surface area (Å²) in [6.45, 7) is 0. The number of thiazole rings is 1. The molecular weight excluding hydrogens is 442 g/mol. The number of methoxy groups -OCH3 is 3. The number of aromatic nitrogens is 1. The van der Waals surface area contributed by atoms with Crippen LogP contribution in [0, 0.1) is 0 Å². The molecule has 28 heavy (non-hydrogen) atoms. The van der Waals surface area contributed by atoms with Gasteiger partial charge in [0.2, 0.25) is 10.6 Å². The van der Waals surface area contributed by atoms with Crippen molar-refractivity contribution in [2.75, 3.05) is 28.4 Å².